The van der Waals surface area contributed by atoms with E-state index in [1.165, 1.54) is 0 Å². The number of hydrogen-bond acceptors (Lipinski definition) is 12. The molecule has 0 aromatic rings. The first-order chi connectivity index (χ1) is 19.9. The molecule has 0 aromatic heterocycles. The fourth-order valence-electron chi connectivity index (χ4n) is 4.37. The molecular weight excluding hydrogens is 604 g/mol. The van der Waals surface area contributed by atoms with Crippen LogP contribution in [0.2, 0.25) is 0 Å². The van der Waals surface area contributed by atoms with Gasteiger partial charge in [-0.25, -0.2) is 4.79 Å². The molecule has 7 atom stereocenters. The average Bonchev–Trinajstić information content (AvgIpc) is 2.94. The van der Waals surface area contributed by atoms with Crippen LogP contribution in [0.5, 0.6) is 0 Å². The summed E-state index contributed by atoms with van der Waals surface area (Å²) in [5, 5.41) is 84.2. The van der Waals surface area contributed by atoms with Crippen molar-refractivity contribution in [2.45, 2.75) is 133 Å². The molecule has 1 heterocycles. The molecule has 1 amide bonds. The molecule has 0 spiro atoms. The van der Waals surface area contributed by atoms with E-state index in [0.717, 1.165) is 44.9 Å². The molecule has 15 nitrogen and oxygen atoms in total. The summed E-state index contributed by atoms with van der Waals surface area (Å²) in [6.45, 7) is 1.42. The zero-order chi connectivity index (χ0) is 31.7. The average molecular weight is 650 g/mol. The van der Waals surface area contributed by atoms with Crippen LogP contribution in [0.1, 0.15) is 90.4 Å². The summed E-state index contributed by atoms with van der Waals surface area (Å²) in [4.78, 5) is 42.7. The van der Waals surface area contributed by atoms with Crippen molar-refractivity contribution in [3.63, 3.8) is 0 Å². The van der Waals surface area contributed by atoms with Crippen LogP contribution in [0.15, 0.2) is 9.98 Å². The van der Waals surface area contributed by atoms with Gasteiger partial charge in [-0.15, -0.1) is 0 Å². The molecule has 1 aliphatic heterocycles. The second-order valence-electron chi connectivity index (χ2n) is 10.4. The van der Waals surface area contributed by atoms with E-state index in [-0.39, 0.29) is 72.0 Å². The van der Waals surface area contributed by atoms with Gasteiger partial charge >= 0.3 is 71.1 Å². The number of hydrogen-bond donors (Lipinski definition) is 7. The smallest absolute Gasteiger partial charge is 0.862 e. The number of aliphatic imine (C=N–C) groups is 2. The third-order valence-corrected chi connectivity index (χ3v) is 6.89. The molecule has 7 N–H and O–H groups in total. The molecule has 44 heavy (non-hydrogen) atoms. The van der Waals surface area contributed by atoms with Crippen LogP contribution in [0.25, 0.3) is 0 Å². The first-order valence-electron chi connectivity index (χ1n) is 14.4. The Balaban J connectivity index is 0. The minimum atomic E-state index is -1.75. The number of nitrogens with zero attached hydrogens (tertiary/aromatic N) is 2. The van der Waals surface area contributed by atoms with E-state index in [9.17, 15) is 50.1 Å². The van der Waals surface area contributed by atoms with E-state index in [1.54, 1.807) is 0 Å². The first kappa shape index (κ1) is 45.3. The number of amides is 1. The van der Waals surface area contributed by atoms with Crippen LogP contribution in [0.3, 0.4) is 0 Å². The van der Waals surface area contributed by atoms with Crippen molar-refractivity contribution in [3.8, 4) is 0 Å². The SMILES string of the molecule is CCCCCCCCCC[C@H](N=C([O-])CCC([O-])=N[C@@H]1O[C@H](CO)[C@@H](O)[C@H](O)[C@H]1O)C(=O)N[C@@H](CCC(=O)O)C(=O)O.[Na+].[Na+]. The Morgan fingerprint density at radius 1 is 0.818 bits per heavy atom. The van der Waals surface area contributed by atoms with E-state index in [4.69, 9.17) is 9.84 Å². The van der Waals surface area contributed by atoms with Gasteiger partial charge in [-0.1, -0.05) is 58.3 Å². The topological polar surface area (TPSA) is 265 Å². The molecule has 17 heteroatoms. The summed E-state index contributed by atoms with van der Waals surface area (Å²) in [7, 11) is 0. The van der Waals surface area contributed by atoms with E-state index >= 15 is 0 Å². The van der Waals surface area contributed by atoms with Crippen LogP contribution < -0.4 is 74.6 Å². The minimum Gasteiger partial charge on any atom is -0.862 e. The predicted molar refractivity (Wildman–Crippen MR) is 145 cm³/mol. The molecule has 0 unspecified atom stereocenters. The van der Waals surface area contributed by atoms with Gasteiger partial charge in [-0.2, -0.15) is 0 Å². The van der Waals surface area contributed by atoms with E-state index < -0.39 is 98.2 Å². The van der Waals surface area contributed by atoms with Gasteiger partial charge in [0.2, 0.25) is 5.91 Å². The van der Waals surface area contributed by atoms with E-state index in [1.807, 2.05) is 0 Å². The molecular formula is C27H45N3Na2O12. The molecule has 1 aliphatic rings. The van der Waals surface area contributed by atoms with Gasteiger partial charge in [0, 0.05) is 6.42 Å². The van der Waals surface area contributed by atoms with Gasteiger partial charge in [0.15, 0.2) is 6.23 Å². The van der Waals surface area contributed by atoms with E-state index in [0.29, 0.717) is 6.42 Å². The third kappa shape index (κ3) is 17.7. The first-order valence-corrected chi connectivity index (χ1v) is 14.4. The fourth-order valence-corrected chi connectivity index (χ4v) is 4.37. The zero-order valence-corrected chi connectivity index (χ0v) is 30.0. The number of ether oxygens (including phenoxy) is 1. The quantitative estimate of drug-likeness (QED) is 0.0265. The number of unbranched alkanes of at least 4 members (excludes halogenated alkanes) is 7. The summed E-state index contributed by atoms with van der Waals surface area (Å²) < 4.78 is 5.14. The van der Waals surface area contributed by atoms with Crippen LogP contribution in [0, 0.1) is 0 Å². The van der Waals surface area contributed by atoms with Gasteiger partial charge < -0.3 is 50.9 Å². The van der Waals surface area contributed by atoms with Crippen LogP contribution >= 0.6 is 0 Å². The predicted octanol–water partition coefficient (Wildman–Crippen LogP) is -7.57. The molecule has 0 saturated carbocycles. The normalized spacial score (nSPS) is 23.5. The molecule has 0 aromatic carbocycles. The van der Waals surface area contributed by atoms with E-state index in [2.05, 4.69) is 22.2 Å². The second-order valence-corrected chi connectivity index (χ2v) is 10.4. The summed E-state index contributed by atoms with van der Waals surface area (Å²) >= 11 is 0. The number of carboxylic acids is 2. The Hall–Kier alpha value is -0.850. The van der Waals surface area contributed by atoms with Crippen molar-refractivity contribution in [2.75, 3.05) is 6.61 Å². The van der Waals surface area contributed by atoms with Crippen LogP contribution in [0.4, 0.5) is 0 Å². The monoisotopic (exact) mass is 649 g/mol. The summed E-state index contributed by atoms with van der Waals surface area (Å²) in [5.41, 5.74) is 0. The number of nitrogens with one attached hydrogen (secondary N) is 1. The van der Waals surface area contributed by atoms with Crippen molar-refractivity contribution < 1.29 is 119 Å². The van der Waals surface area contributed by atoms with Gasteiger partial charge in [-0.3, -0.25) is 19.6 Å². The summed E-state index contributed by atoms with van der Waals surface area (Å²) in [5.74, 6) is -5.23. The minimum absolute atomic E-state index is 0. The zero-order valence-electron chi connectivity index (χ0n) is 26.0. The Morgan fingerprint density at radius 2 is 1.39 bits per heavy atom. The molecule has 1 saturated heterocycles. The molecule has 0 aliphatic carbocycles. The maximum absolute atomic E-state index is 12.9. The fraction of sp³-hybridized carbons (Fsp3) is 0.815. The molecule has 1 fully saturated rings. The standard InChI is InChI=1S/C27H47N3O12.2Na/c1-2-3-4-5-6-7-8-9-10-16(25(39)29-17(27(40)41)11-14-21(34)35)28-19(32)12-13-20(33)30-26-24(38)23(37)22(36)18(15-31)42-26;;/h16-18,22-24,26,31,36-38H,2-15H2,1H3,(H,28,32)(H,29,39)(H,30,33)(H,34,35)(H,40,41);;/q;2*+1/p-2/t16-,17-,18+,22+,23-,24+,26+;;/m0../s1. The largest absolute Gasteiger partial charge is 1.00 e. The van der Waals surface area contributed by atoms with Gasteiger partial charge in [0.25, 0.3) is 0 Å². The summed E-state index contributed by atoms with van der Waals surface area (Å²) in [6, 6.07) is -2.74. The van der Waals surface area contributed by atoms with Crippen molar-refractivity contribution >= 4 is 29.6 Å². The third-order valence-electron chi connectivity index (χ3n) is 6.89. The van der Waals surface area contributed by atoms with Crippen molar-refractivity contribution in [1.29, 1.82) is 0 Å². The maximum atomic E-state index is 12.9. The Morgan fingerprint density at radius 3 is 1.93 bits per heavy atom. The number of carbonyl (C=O) groups is 3. The van der Waals surface area contributed by atoms with Gasteiger partial charge in [0.1, 0.15) is 36.5 Å². The number of aliphatic hydroxyl groups excluding tert-OH is 4. The molecule has 242 valence electrons. The molecule has 0 bridgehead atoms. The number of carbonyl (C=O) groups excluding carboxylic acids is 1. The van der Waals surface area contributed by atoms with Crippen molar-refractivity contribution in [2.24, 2.45) is 9.98 Å². The van der Waals surface area contributed by atoms with Gasteiger partial charge in [-0.05, 0) is 37.5 Å². The Bertz CT molecular complexity index is 909. The second kappa shape index (κ2) is 25.3. The summed E-state index contributed by atoms with van der Waals surface area (Å²) in [6.07, 6.45) is -1.88. The van der Waals surface area contributed by atoms with Gasteiger partial charge in [0.05, 0.1) is 6.61 Å². The van der Waals surface area contributed by atoms with Crippen molar-refractivity contribution in [3.05, 3.63) is 0 Å². The number of rotatable bonds is 21. The molecule has 1 rings (SSSR count). The van der Waals surface area contributed by atoms with Crippen LogP contribution in [-0.4, -0.2) is 110 Å². The number of aliphatic hydroxyl groups is 4. The number of aliphatic carboxylic acids is 2. The number of carboxylic acid groups (broad SMARTS) is 2. The Kier molecular flexibility index (Phi) is 26.0. The van der Waals surface area contributed by atoms with Crippen molar-refractivity contribution in [1.82, 2.24) is 5.32 Å². The molecule has 0 radical (unpaired) electrons. The maximum Gasteiger partial charge on any atom is 1.00 e. The Labute approximate surface area is 301 Å². The van der Waals surface area contributed by atoms with Crippen LogP contribution in [-0.2, 0) is 19.1 Å².